The zero-order valence-electron chi connectivity index (χ0n) is 15.8. The van der Waals surface area contributed by atoms with Gasteiger partial charge in [-0.1, -0.05) is 13.8 Å². The standard InChI is InChI=1S/C18H27F3O6/c1-10-4-5-13-11(2)17(18(19,20)21,23-9-8-22)25-14-16(13)12(10)6-7-15(3,24-14)26-27-16/h10-14,22H,4-9H2,1-3H3/t10-,11-,12+,13?,14+,15+,16-,17-/m1/s1. The molecule has 1 aliphatic carbocycles. The van der Waals surface area contributed by atoms with E-state index in [1.54, 1.807) is 6.92 Å². The Morgan fingerprint density at radius 1 is 1.07 bits per heavy atom. The maximum Gasteiger partial charge on any atom is 0.443 e. The van der Waals surface area contributed by atoms with E-state index >= 15 is 0 Å². The summed E-state index contributed by atoms with van der Waals surface area (Å²) in [5.74, 6) is -5.36. The molecule has 0 amide bonds. The van der Waals surface area contributed by atoms with Crippen molar-refractivity contribution >= 4 is 0 Å². The molecule has 5 fully saturated rings. The molecule has 8 atom stereocenters. The summed E-state index contributed by atoms with van der Waals surface area (Å²) in [5, 5.41) is 9.07. The van der Waals surface area contributed by atoms with Crippen LogP contribution in [0.1, 0.15) is 46.5 Å². The third-order valence-electron chi connectivity index (χ3n) is 7.06. The predicted molar refractivity (Wildman–Crippen MR) is 84.9 cm³/mol. The molecule has 1 unspecified atom stereocenters. The van der Waals surface area contributed by atoms with Crippen molar-refractivity contribution in [3.63, 3.8) is 0 Å². The van der Waals surface area contributed by atoms with Crippen molar-refractivity contribution in [2.45, 2.75) is 76.1 Å². The lowest BCUT2D eigenvalue weighted by molar-refractivity contribution is -0.599. The lowest BCUT2D eigenvalue weighted by Gasteiger charge is -2.62. The lowest BCUT2D eigenvalue weighted by Crippen LogP contribution is -2.76. The van der Waals surface area contributed by atoms with Gasteiger partial charge in [0.05, 0.1) is 13.2 Å². The van der Waals surface area contributed by atoms with Crippen molar-refractivity contribution in [1.29, 1.82) is 0 Å². The Morgan fingerprint density at radius 3 is 2.48 bits per heavy atom. The van der Waals surface area contributed by atoms with Gasteiger partial charge in [-0.3, -0.25) is 0 Å². The highest BCUT2D eigenvalue weighted by Gasteiger charge is 2.77. The molecule has 4 heterocycles. The summed E-state index contributed by atoms with van der Waals surface area (Å²) in [5.41, 5.74) is -1.09. The van der Waals surface area contributed by atoms with Crippen LogP contribution in [0.25, 0.3) is 0 Å². The summed E-state index contributed by atoms with van der Waals surface area (Å²) in [4.78, 5) is 11.4. The SMILES string of the molecule is C[C@@H]1CCC2[C@@H](C)[C@](OCCO)(C(F)(F)F)O[C@@H]3O[C@]4(C)CC[C@@H]1[C@@]23OO4. The second-order valence-corrected chi connectivity index (χ2v) is 8.55. The molecule has 0 aromatic heterocycles. The molecule has 5 aliphatic rings. The number of aliphatic hydroxyl groups is 1. The van der Waals surface area contributed by atoms with Crippen LogP contribution in [0.2, 0.25) is 0 Å². The molecular weight excluding hydrogens is 369 g/mol. The van der Waals surface area contributed by atoms with Crippen molar-refractivity contribution < 1.29 is 42.3 Å². The fourth-order valence-electron chi connectivity index (χ4n) is 5.69. The number of halogens is 3. The first-order valence-electron chi connectivity index (χ1n) is 9.63. The first-order valence-corrected chi connectivity index (χ1v) is 9.63. The highest BCUT2D eigenvalue weighted by atomic mass is 19.4. The number of alkyl halides is 3. The second kappa shape index (κ2) is 6.27. The van der Waals surface area contributed by atoms with Gasteiger partial charge in [0.1, 0.15) is 0 Å². The number of hydrogen-bond acceptors (Lipinski definition) is 6. The van der Waals surface area contributed by atoms with E-state index in [1.165, 1.54) is 6.92 Å². The lowest BCUT2D eigenvalue weighted by atomic mass is 9.57. The van der Waals surface area contributed by atoms with Crippen LogP contribution >= 0.6 is 0 Å². The molecule has 5 rings (SSSR count). The Hall–Kier alpha value is -0.450. The van der Waals surface area contributed by atoms with E-state index in [-0.39, 0.29) is 11.8 Å². The van der Waals surface area contributed by atoms with Crippen LogP contribution in [-0.2, 0) is 24.0 Å². The normalized spacial score (nSPS) is 52.3. The molecule has 1 spiro atoms. The fraction of sp³-hybridized carbons (Fsp3) is 1.00. The van der Waals surface area contributed by atoms with Crippen molar-refractivity contribution in [1.82, 2.24) is 0 Å². The van der Waals surface area contributed by atoms with E-state index < -0.39 is 54.7 Å². The predicted octanol–water partition coefficient (Wildman–Crippen LogP) is 3.14. The molecule has 27 heavy (non-hydrogen) atoms. The Morgan fingerprint density at radius 2 is 1.81 bits per heavy atom. The molecule has 0 radical (unpaired) electrons. The monoisotopic (exact) mass is 396 g/mol. The van der Waals surface area contributed by atoms with E-state index in [0.717, 1.165) is 12.8 Å². The second-order valence-electron chi connectivity index (χ2n) is 8.55. The van der Waals surface area contributed by atoms with E-state index in [4.69, 9.17) is 29.1 Å². The number of fused-ring (bicyclic) bond motifs is 2. The fourth-order valence-corrected chi connectivity index (χ4v) is 5.69. The minimum absolute atomic E-state index is 0.0305. The van der Waals surface area contributed by atoms with Gasteiger partial charge in [-0.15, -0.1) is 0 Å². The van der Waals surface area contributed by atoms with Crippen molar-refractivity contribution in [2.24, 2.45) is 23.7 Å². The van der Waals surface area contributed by atoms with E-state index in [0.29, 0.717) is 12.8 Å². The van der Waals surface area contributed by atoms with Crippen LogP contribution in [0, 0.1) is 23.7 Å². The van der Waals surface area contributed by atoms with Gasteiger partial charge in [-0.2, -0.15) is 13.2 Å². The van der Waals surface area contributed by atoms with E-state index in [2.05, 4.69) is 6.92 Å². The smallest absolute Gasteiger partial charge is 0.394 e. The van der Waals surface area contributed by atoms with Crippen LogP contribution in [-0.4, -0.2) is 48.0 Å². The average molecular weight is 396 g/mol. The molecule has 156 valence electrons. The van der Waals surface area contributed by atoms with Gasteiger partial charge in [0.15, 0.2) is 11.9 Å². The quantitative estimate of drug-likeness (QED) is 0.740. The maximum atomic E-state index is 14.2. The minimum Gasteiger partial charge on any atom is -0.394 e. The number of rotatable bonds is 3. The molecule has 0 aromatic carbocycles. The van der Waals surface area contributed by atoms with Crippen molar-refractivity contribution in [3.05, 3.63) is 0 Å². The van der Waals surface area contributed by atoms with Gasteiger partial charge < -0.3 is 19.3 Å². The summed E-state index contributed by atoms with van der Waals surface area (Å²) < 4.78 is 59.4. The Bertz CT molecular complexity index is 588. The van der Waals surface area contributed by atoms with Gasteiger partial charge in [0.2, 0.25) is 5.79 Å². The summed E-state index contributed by atoms with van der Waals surface area (Å²) in [6, 6.07) is 0. The summed E-state index contributed by atoms with van der Waals surface area (Å²) in [7, 11) is 0. The molecule has 9 heteroatoms. The number of hydrogen-bond donors (Lipinski definition) is 1. The van der Waals surface area contributed by atoms with Crippen LogP contribution in [0.15, 0.2) is 0 Å². The molecule has 4 saturated heterocycles. The molecule has 1 saturated carbocycles. The number of aliphatic hydroxyl groups excluding tert-OH is 1. The van der Waals surface area contributed by atoms with Gasteiger partial charge in [0.25, 0.3) is 5.79 Å². The number of ether oxygens (including phenoxy) is 3. The van der Waals surface area contributed by atoms with Gasteiger partial charge in [-0.25, -0.2) is 9.78 Å². The Kier molecular flexibility index (Phi) is 4.61. The molecular formula is C18H27F3O6. The molecule has 2 bridgehead atoms. The summed E-state index contributed by atoms with van der Waals surface area (Å²) in [6.45, 7) is 4.21. The summed E-state index contributed by atoms with van der Waals surface area (Å²) in [6.07, 6.45) is -3.48. The summed E-state index contributed by atoms with van der Waals surface area (Å²) >= 11 is 0. The first kappa shape index (κ1) is 19.8. The molecule has 4 aliphatic heterocycles. The van der Waals surface area contributed by atoms with Crippen molar-refractivity contribution in [3.8, 4) is 0 Å². The largest absolute Gasteiger partial charge is 0.443 e. The maximum absolute atomic E-state index is 14.2. The Labute approximate surface area is 156 Å². The van der Waals surface area contributed by atoms with Gasteiger partial charge in [-0.05, 0) is 38.0 Å². The zero-order valence-corrected chi connectivity index (χ0v) is 15.8. The Balaban J connectivity index is 1.82. The average Bonchev–Trinajstić information content (AvgIpc) is 2.82. The van der Waals surface area contributed by atoms with E-state index in [1.807, 2.05) is 0 Å². The van der Waals surface area contributed by atoms with Crippen LogP contribution < -0.4 is 0 Å². The van der Waals surface area contributed by atoms with Crippen molar-refractivity contribution in [2.75, 3.05) is 13.2 Å². The molecule has 1 N–H and O–H groups in total. The topological polar surface area (TPSA) is 66.4 Å². The highest BCUT2D eigenvalue weighted by Crippen LogP contribution is 2.64. The zero-order chi connectivity index (χ0) is 19.7. The highest BCUT2D eigenvalue weighted by molar-refractivity contribution is 5.12. The van der Waals surface area contributed by atoms with Crippen LogP contribution in [0.4, 0.5) is 13.2 Å². The first-order chi connectivity index (χ1) is 12.6. The third kappa shape index (κ3) is 2.62. The van der Waals surface area contributed by atoms with Crippen LogP contribution in [0.3, 0.4) is 0 Å². The van der Waals surface area contributed by atoms with Gasteiger partial charge >= 0.3 is 6.18 Å². The van der Waals surface area contributed by atoms with Gasteiger partial charge in [0, 0.05) is 18.3 Å². The van der Waals surface area contributed by atoms with E-state index in [9.17, 15) is 13.2 Å². The van der Waals surface area contributed by atoms with Crippen LogP contribution in [0.5, 0.6) is 0 Å². The minimum atomic E-state index is -4.79. The third-order valence-corrected chi connectivity index (χ3v) is 7.06. The molecule has 0 aromatic rings. The molecule has 6 nitrogen and oxygen atoms in total.